The molecule has 1 fully saturated rings. The second-order valence-electron chi connectivity index (χ2n) is 5.26. The van der Waals surface area contributed by atoms with Gasteiger partial charge in [0.1, 0.15) is 5.84 Å². The van der Waals surface area contributed by atoms with Crippen molar-refractivity contribution in [1.29, 1.82) is 0 Å². The van der Waals surface area contributed by atoms with E-state index in [2.05, 4.69) is 46.5 Å². The highest BCUT2D eigenvalue weighted by Gasteiger charge is 2.22. The molecule has 1 unspecified atom stereocenters. The second kappa shape index (κ2) is 5.11. The molecule has 1 aromatic rings. The minimum Gasteiger partial charge on any atom is -0.358 e. The Labute approximate surface area is 109 Å². The third-order valence-corrected chi connectivity index (χ3v) is 4.00. The number of nitrogens with one attached hydrogen (secondary N) is 1. The zero-order valence-corrected chi connectivity index (χ0v) is 11.0. The molecule has 0 aromatic heterocycles. The zero-order valence-electron chi connectivity index (χ0n) is 11.0. The molecular formula is C15H21N3. The van der Waals surface area contributed by atoms with Gasteiger partial charge in [0.15, 0.2) is 0 Å². The topological polar surface area (TPSA) is 27.6 Å². The Bertz CT molecular complexity index is 447. The van der Waals surface area contributed by atoms with Crippen LogP contribution in [0.15, 0.2) is 29.3 Å². The monoisotopic (exact) mass is 243 g/mol. The summed E-state index contributed by atoms with van der Waals surface area (Å²) < 4.78 is 0. The molecule has 0 radical (unpaired) electrons. The summed E-state index contributed by atoms with van der Waals surface area (Å²) in [5, 5.41) is 3.51. The van der Waals surface area contributed by atoms with E-state index in [4.69, 9.17) is 0 Å². The van der Waals surface area contributed by atoms with Gasteiger partial charge in [-0.05, 0) is 30.9 Å². The number of rotatable bonds is 2. The Balaban J connectivity index is 1.94. The van der Waals surface area contributed by atoms with Crippen LogP contribution in [-0.4, -0.2) is 44.0 Å². The molecule has 3 heteroatoms. The minimum atomic E-state index is 0.645. The fourth-order valence-corrected chi connectivity index (χ4v) is 3.00. The Morgan fingerprint density at radius 2 is 2.22 bits per heavy atom. The molecule has 2 aliphatic rings. The molecule has 0 spiro atoms. The maximum atomic E-state index is 4.66. The summed E-state index contributed by atoms with van der Waals surface area (Å²) in [5.41, 5.74) is 2.81. The predicted octanol–water partition coefficient (Wildman–Crippen LogP) is 1.85. The maximum Gasteiger partial charge on any atom is 0.131 e. The predicted molar refractivity (Wildman–Crippen MR) is 75.3 cm³/mol. The van der Waals surface area contributed by atoms with Gasteiger partial charge in [-0.25, -0.2) is 0 Å². The second-order valence-corrected chi connectivity index (χ2v) is 5.26. The third-order valence-electron chi connectivity index (χ3n) is 4.00. The lowest BCUT2D eigenvalue weighted by Gasteiger charge is -2.26. The fraction of sp³-hybridized carbons (Fsp3) is 0.533. The van der Waals surface area contributed by atoms with Crippen LogP contribution in [0.3, 0.4) is 0 Å². The summed E-state index contributed by atoms with van der Waals surface area (Å²) in [7, 11) is 2.14. The Morgan fingerprint density at radius 3 is 2.94 bits per heavy atom. The van der Waals surface area contributed by atoms with E-state index < -0.39 is 0 Å². The van der Waals surface area contributed by atoms with Crippen molar-refractivity contribution in [1.82, 2.24) is 10.2 Å². The van der Waals surface area contributed by atoms with Crippen LogP contribution in [0.2, 0.25) is 0 Å². The summed E-state index contributed by atoms with van der Waals surface area (Å²) in [6.07, 6.45) is 2.57. The largest absolute Gasteiger partial charge is 0.358 e. The minimum absolute atomic E-state index is 0.645. The van der Waals surface area contributed by atoms with E-state index in [1.807, 2.05) is 0 Å². The van der Waals surface area contributed by atoms with Gasteiger partial charge < -0.3 is 10.2 Å². The number of piperidine rings is 1. The van der Waals surface area contributed by atoms with Crippen LogP contribution < -0.4 is 5.32 Å². The lowest BCUT2D eigenvalue weighted by atomic mass is 9.88. The first kappa shape index (κ1) is 11.7. The lowest BCUT2D eigenvalue weighted by Crippen LogP contribution is -2.31. The number of hydrogen-bond acceptors (Lipinski definition) is 3. The Hall–Kier alpha value is -1.35. The number of aliphatic imine (C=N–C) groups is 1. The van der Waals surface area contributed by atoms with Gasteiger partial charge in [-0.3, -0.25) is 4.99 Å². The Morgan fingerprint density at radius 1 is 1.33 bits per heavy atom. The smallest absolute Gasteiger partial charge is 0.131 e. The molecule has 2 heterocycles. The van der Waals surface area contributed by atoms with E-state index in [1.165, 1.54) is 36.3 Å². The van der Waals surface area contributed by atoms with Gasteiger partial charge in [0, 0.05) is 25.7 Å². The van der Waals surface area contributed by atoms with Crippen LogP contribution in [0.25, 0.3) is 0 Å². The first-order valence-electron chi connectivity index (χ1n) is 6.92. The van der Waals surface area contributed by atoms with Crippen molar-refractivity contribution in [2.75, 3.05) is 33.2 Å². The third kappa shape index (κ3) is 2.15. The maximum absolute atomic E-state index is 4.66. The van der Waals surface area contributed by atoms with Crippen molar-refractivity contribution in [2.45, 2.75) is 18.8 Å². The van der Waals surface area contributed by atoms with Crippen LogP contribution in [0.5, 0.6) is 0 Å². The molecule has 0 aliphatic carbocycles. The molecule has 96 valence electrons. The summed E-state index contributed by atoms with van der Waals surface area (Å²) in [6, 6.07) is 8.79. The zero-order chi connectivity index (χ0) is 12.4. The first-order chi connectivity index (χ1) is 8.86. The number of benzene rings is 1. The van der Waals surface area contributed by atoms with Crippen molar-refractivity contribution in [3.8, 4) is 0 Å². The summed E-state index contributed by atoms with van der Waals surface area (Å²) in [5.74, 6) is 1.82. The quantitative estimate of drug-likeness (QED) is 0.858. The van der Waals surface area contributed by atoms with Gasteiger partial charge in [0.25, 0.3) is 0 Å². The molecule has 1 saturated heterocycles. The molecule has 0 saturated carbocycles. The molecule has 2 aliphatic heterocycles. The van der Waals surface area contributed by atoms with Crippen LogP contribution in [0.1, 0.15) is 29.9 Å². The highest BCUT2D eigenvalue weighted by atomic mass is 15.2. The number of hydrogen-bond donors (Lipinski definition) is 1. The average Bonchev–Trinajstić information content (AvgIpc) is 2.86. The molecule has 18 heavy (non-hydrogen) atoms. The number of nitrogens with zero attached hydrogens (tertiary/aromatic N) is 2. The number of amidine groups is 1. The molecule has 0 amide bonds. The first-order valence-corrected chi connectivity index (χ1v) is 6.92. The van der Waals surface area contributed by atoms with E-state index in [9.17, 15) is 0 Å². The molecule has 3 nitrogen and oxygen atoms in total. The van der Waals surface area contributed by atoms with E-state index in [0.29, 0.717) is 5.92 Å². The molecule has 1 atom stereocenters. The van der Waals surface area contributed by atoms with Crippen molar-refractivity contribution in [3.63, 3.8) is 0 Å². The van der Waals surface area contributed by atoms with E-state index in [-0.39, 0.29) is 0 Å². The molecule has 3 rings (SSSR count). The van der Waals surface area contributed by atoms with Gasteiger partial charge in [0.05, 0.1) is 6.54 Å². The SMILES string of the molecule is CN1CCN=C1c1ccccc1C1CCCNC1. The fourth-order valence-electron chi connectivity index (χ4n) is 3.00. The molecule has 1 aromatic carbocycles. The summed E-state index contributed by atoms with van der Waals surface area (Å²) in [4.78, 5) is 6.94. The van der Waals surface area contributed by atoms with E-state index >= 15 is 0 Å². The van der Waals surface area contributed by atoms with Gasteiger partial charge in [0.2, 0.25) is 0 Å². The highest BCUT2D eigenvalue weighted by molar-refractivity contribution is 6.01. The molecule has 1 N–H and O–H groups in total. The Kier molecular flexibility index (Phi) is 3.33. The van der Waals surface area contributed by atoms with Crippen LogP contribution >= 0.6 is 0 Å². The summed E-state index contributed by atoms with van der Waals surface area (Å²) in [6.45, 7) is 4.25. The lowest BCUT2D eigenvalue weighted by molar-refractivity contribution is 0.460. The van der Waals surface area contributed by atoms with Gasteiger partial charge in [-0.1, -0.05) is 24.3 Å². The molecule has 0 bridgehead atoms. The molecular weight excluding hydrogens is 222 g/mol. The van der Waals surface area contributed by atoms with Gasteiger partial charge in [-0.2, -0.15) is 0 Å². The number of likely N-dealkylation sites (N-methyl/N-ethyl adjacent to an activating group) is 1. The van der Waals surface area contributed by atoms with Crippen LogP contribution in [-0.2, 0) is 0 Å². The normalized spacial score (nSPS) is 24.2. The van der Waals surface area contributed by atoms with Gasteiger partial charge in [-0.15, -0.1) is 0 Å². The average molecular weight is 243 g/mol. The van der Waals surface area contributed by atoms with Gasteiger partial charge >= 0.3 is 0 Å². The standard InChI is InChI=1S/C15H21N3/c1-18-10-9-17-15(18)14-7-3-2-6-13(14)12-5-4-8-16-11-12/h2-3,6-7,12,16H,4-5,8-11H2,1H3. The van der Waals surface area contributed by atoms with Crippen molar-refractivity contribution in [2.24, 2.45) is 4.99 Å². The van der Waals surface area contributed by atoms with Crippen molar-refractivity contribution >= 4 is 5.84 Å². The highest BCUT2D eigenvalue weighted by Crippen LogP contribution is 2.27. The van der Waals surface area contributed by atoms with Crippen molar-refractivity contribution < 1.29 is 0 Å². The van der Waals surface area contributed by atoms with Crippen LogP contribution in [0.4, 0.5) is 0 Å². The van der Waals surface area contributed by atoms with E-state index in [0.717, 1.165) is 19.6 Å². The van der Waals surface area contributed by atoms with Crippen molar-refractivity contribution in [3.05, 3.63) is 35.4 Å². The van der Waals surface area contributed by atoms with E-state index in [1.54, 1.807) is 0 Å². The summed E-state index contributed by atoms with van der Waals surface area (Å²) >= 11 is 0. The van der Waals surface area contributed by atoms with Crippen LogP contribution in [0, 0.1) is 0 Å².